The number of Topliss-reactive ketones (excluding diaryl/α,β-unsaturated/α-hetero) is 1. The van der Waals surface area contributed by atoms with Crippen LogP contribution in [0.1, 0.15) is 53.7 Å². The first-order valence-electron chi connectivity index (χ1n) is 11.9. The van der Waals surface area contributed by atoms with Gasteiger partial charge in [-0.05, 0) is 50.5 Å². The number of aryl methyl sites for hydroxylation is 1. The summed E-state index contributed by atoms with van der Waals surface area (Å²) in [7, 11) is -2.89. The minimum absolute atomic E-state index is 0.0779. The van der Waals surface area contributed by atoms with Gasteiger partial charge in [0.05, 0.1) is 23.4 Å². The predicted octanol–water partition coefficient (Wildman–Crippen LogP) is 4.57. The lowest BCUT2D eigenvalue weighted by molar-refractivity contribution is 0.0928. The number of phosphoric acid groups is 1. The van der Waals surface area contributed by atoms with E-state index in [4.69, 9.17) is 26.1 Å². The molecule has 0 bridgehead atoms. The van der Waals surface area contributed by atoms with Crippen LogP contribution < -0.4 is 10.1 Å². The van der Waals surface area contributed by atoms with Gasteiger partial charge in [-0.1, -0.05) is 35.9 Å². The Bertz CT molecular complexity index is 1340. The number of hydrogen-bond acceptors (Lipinski definition) is 6. The summed E-state index contributed by atoms with van der Waals surface area (Å²) in [6, 6.07) is 11.7. The molecule has 1 aromatic heterocycles. The lowest BCUT2D eigenvalue weighted by Gasteiger charge is -2.20. The van der Waals surface area contributed by atoms with Gasteiger partial charge in [0.1, 0.15) is 5.75 Å². The first-order chi connectivity index (χ1) is 17.8. The maximum Gasteiger partial charge on any atom is 0.469 e. The maximum atomic E-state index is 13.0. The Labute approximate surface area is 226 Å². The summed E-state index contributed by atoms with van der Waals surface area (Å²) in [4.78, 5) is 47.1. The second-order valence-electron chi connectivity index (χ2n) is 9.11. The monoisotopic (exact) mass is 563 g/mol. The normalized spacial score (nSPS) is 12.4. The van der Waals surface area contributed by atoms with Gasteiger partial charge in [-0.15, -0.1) is 0 Å². The number of ketones is 1. The number of ether oxygens (including phenoxy) is 1. The summed E-state index contributed by atoms with van der Waals surface area (Å²) in [5, 5.41) is 3.20. The van der Waals surface area contributed by atoms with Crippen molar-refractivity contribution in [1.82, 2.24) is 14.9 Å². The molecule has 3 rings (SSSR count). The van der Waals surface area contributed by atoms with Gasteiger partial charge < -0.3 is 24.4 Å². The highest BCUT2D eigenvalue weighted by molar-refractivity contribution is 7.46. The molecule has 0 aliphatic heterocycles. The van der Waals surface area contributed by atoms with Crippen LogP contribution in [-0.2, 0) is 22.6 Å². The van der Waals surface area contributed by atoms with Crippen LogP contribution in [0.25, 0.3) is 11.3 Å². The molecule has 0 saturated carbocycles. The summed E-state index contributed by atoms with van der Waals surface area (Å²) in [6.45, 7) is 4.94. The second kappa shape index (κ2) is 12.7. The molecule has 3 aromatic rings. The van der Waals surface area contributed by atoms with E-state index in [1.165, 1.54) is 13.0 Å². The van der Waals surface area contributed by atoms with E-state index in [9.17, 15) is 14.2 Å². The van der Waals surface area contributed by atoms with E-state index in [1.807, 2.05) is 38.1 Å². The number of imidazole rings is 1. The third-order valence-corrected chi connectivity index (χ3v) is 6.36. The molecule has 12 heteroatoms. The molecular weight excluding hydrogens is 533 g/mol. The number of aromatic nitrogens is 2. The molecule has 0 saturated heterocycles. The molecule has 1 amide bonds. The summed E-state index contributed by atoms with van der Waals surface area (Å²) < 4.78 is 23.0. The lowest BCUT2D eigenvalue weighted by Crippen LogP contribution is -2.37. The van der Waals surface area contributed by atoms with Crippen molar-refractivity contribution in [3.63, 3.8) is 0 Å². The van der Waals surface area contributed by atoms with Crippen molar-refractivity contribution >= 4 is 31.1 Å². The second-order valence-corrected chi connectivity index (χ2v) is 10.8. The van der Waals surface area contributed by atoms with Crippen molar-refractivity contribution in [2.45, 2.75) is 45.8 Å². The van der Waals surface area contributed by atoms with E-state index in [2.05, 4.69) is 14.8 Å². The largest absolute Gasteiger partial charge is 0.489 e. The maximum absolute atomic E-state index is 13.0. The topological polar surface area (TPSA) is 140 Å². The van der Waals surface area contributed by atoms with Crippen molar-refractivity contribution in [2.24, 2.45) is 7.05 Å². The third kappa shape index (κ3) is 8.51. The van der Waals surface area contributed by atoms with Crippen LogP contribution >= 0.6 is 19.4 Å². The number of carbonyl (C=O) groups is 2. The van der Waals surface area contributed by atoms with Crippen LogP contribution in [0, 0.1) is 0 Å². The van der Waals surface area contributed by atoms with E-state index in [0.29, 0.717) is 34.3 Å². The Morgan fingerprint density at radius 1 is 1.16 bits per heavy atom. The first-order valence-corrected chi connectivity index (χ1v) is 13.8. The number of nitrogens with one attached hydrogen (secondary N) is 1. The van der Waals surface area contributed by atoms with Gasteiger partial charge in [0, 0.05) is 37.3 Å². The smallest absolute Gasteiger partial charge is 0.469 e. The Balaban J connectivity index is 1.75. The zero-order valence-electron chi connectivity index (χ0n) is 21.6. The molecular formula is C26H31ClN3O7P. The van der Waals surface area contributed by atoms with Crippen molar-refractivity contribution in [3.8, 4) is 17.0 Å². The molecule has 204 valence electrons. The molecule has 1 heterocycles. The van der Waals surface area contributed by atoms with Gasteiger partial charge in [-0.2, -0.15) is 0 Å². The van der Waals surface area contributed by atoms with Gasteiger partial charge in [0.15, 0.2) is 11.6 Å². The van der Waals surface area contributed by atoms with Crippen LogP contribution in [0.15, 0.2) is 48.7 Å². The number of carbonyl (C=O) groups excluding carboxylic acids is 2. The van der Waals surface area contributed by atoms with Crippen LogP contribution in [0.2, 0.25) is 5.02 Å². The highest BCUT2D eigenvalue weighted by atomic mass is 35.5. The highest BCUT2D eigenvalue weighted by Gasteiger charge is 2.20. The van der Waals surface area contributed by atoms with Crippen molar-refractivity contribution in [3.05, 3.63) is 70.6 Å². The summed E-state index contributed by atoms with van der Waals surface area (Å²) >= 11 is 6.27. The fourth-order valence-corrected chi connectivity index (χ4v) is 4.40. The van der Waals surface area contributed by atoms with E-state index < -0.39 is 19.8 Å². The number of amides is 1. The number of rotatable bonds is 12. The van der Waals surface area contributed by atoms with Gasteiger partial charge in [0.2, 0.25) is 0 Å². The molecule has 2 aromatic carbocycles. The zero-order valence-corrected chi connectivity index (χ0v) is 23.2. The molecule has 0 aliphatic rings. The first kappa shape index (κ1) is 29.5. The standard InChI is InChI=1S/C26H31ClN3O7P/c1-16(2)37-24-10-9-20(14-22(24)27)26(32)28-21(11-12-36-38(33,34)35)13-18-5-7-19(8-6-18)23-15-30(4)25(29-23)17(3)31/h5-10,14-16,21H,11-13H2,1-4H3,(H,28,32)(H2,33,34,35)/t21-/m1/s1. The third-order valence-electron chi connectivity index (χ3n) is 5.54. The van der Waals surface area contributed by atoms with Gasteiger partial charge in [0.25, 0.3) is 5.91 Å². The Hall–Kier alpha value is -3.01. The average molecular weight is 564 g/mol. The molecule has 0 unspecified atom stereocenters. The fourth-order valence-electron chi connectivity index (χ4n) is 3.83. The summed E-state index contributed by atoms with van der Waals surface area (Å²) in [6.07, 6.45) is 2.23. The molecule has 1 atom stereocenters. The molecule has 10 nitrogen and oxygen atoms in total. The van der Waals surface area contributed by atoms with Gasteiger partial charge >= 0.3 is 7.82 Å². The van der Waals surface area contributed by atoms with E-state index >= 15 is 0 Å². The van der Waals surface area contributed by atoms with Crippen LogP contribution in [0.3, 0.4) is 0 Å². The molecule has 3 N–H and O–H groups in total. The lowest BCUT2D eigenvalue weighted by atomic mass is 10.0. The van der Waals surface area contributed by atoms with E-state index in [1.54, 1.807) is 29.9 Å². The minimum Gasteiger partial charge on any atom is -0.489 e. The van der Waals surface area contributed by atoms with Crippen molar-refractivity contribution in [2.75, 3.05) is 6.61 Å². The number of benzene rings is 2. The quantitative estimate of drug-likeness (QED) is 0.215. The molecule has 38 heavy (non-hydrogen) atoms. The summed E-state index contributed by atoms with van der Waals surface area (Å²) in [5.41, 5.74) is 2.67. The Kier molecular flexibility index (Phi) is 9.87. The van der Waals surface area contributed by atoms with Crippen molar-refractivity contribution in [1.29, 1.82) is 0 Å². The number of nitrogens with zero attached hydrogens (tertiary/aromatic N) is 2. The fraction of sp³-hybridized carbons (Fsp3) is 0.346. The Morgan fingerprint density at radius 3 is 2.39 bits per heavy atom. The van der Waals surface area contributed by atoms with Crippen LogP contribution in [0.5, 0.6) is 5.75 Å². The number of halogens is 1. The molecule has 0 radical (unpaired) electrons. The average Bonchev–Trinajstić information content (AvgIpc) is 3.21. The van der Waals surface area contributed by atoms with E-state index in [-0.39, 0.29) is 24.9 Å². The minimum atomic E-state index is -4.65. The van der Waals surface area contributed by atoms with E-state index in [0.717, 1.165) is 11.1 Å². The molecule has 0 fully saturated rings. The SMILES string of the molecule is CC(=O)c1nc(-c2ccc(C[C@@H](CCOP(=O)(O)O)NC(=O)c3ccc(OC(C)C)c(Cl)c3)cc2)cn1C. The van der Waals surface area contributed by atoms with Crippen LogP contribution in [0.4, 0.5) is 0 Å². The van der Waals surface area contributed by atoms with Crippen molar-refractivity contribution < 1.29 is 33.2 Å². The molecule has 0 aliphatic carbocycles. The predicted molar refractivity (Wildman–Crippen MR) is 143 cm³/mol. The number of phosphoric ester groups is 1. The highest BCUT2D eigenvalue weighted by Crippen LogP contribution is 2.36. The van der Waals surface area contributed by atoms with Gasteiger partial charge in [-0.3, -0.25) is 14.1 Å². The number of hydrogen-bond donors (Lipinski definition) is 3. The molecule has 0 spiro atoms. The van der Waals surface area contributed by atoms with Crippen LogP contribution in [-0.4, -0.2) is 49.8 Å². The Morgan fingerprint density at radius 2 is 1.84 bits per heavy atom. The van der Waals surface area contributed by atoms with Gasteiger partial charge in [-0.25, -0.2) is 9.55 Å². The summed E-state index contributed by atoms with van der Waals surface area (Å²) in [5.74, 6) is 0.301. The zero-order chi connectivity index (χ0) is 28.0.